The monoisotopic (exact) mass is 222 g/mol. The van der Waals surface area contributed by atoms with Crippen molar-refractivity contribution in [2.24, 2.45) is 0 Å². The lowest BCUT2D eigenvalue weighted by Gasteiger charge is -2.08. The third-order valence-electron chi connectivity index (χ3n) is 2.92. The van der Waals surface area contributed by atoms with E-state index in [-0.39, 0.29) is 0 Å². The topological polar surface area (TPSA) is 0 Å². The molecule has 0 spiro atoms. The smallest absolute Gasteiger partial charge is 0.0152 e. The first kappa shape index (κ1) is 11.7. The number of rotatable bonds is 4. The van der Waals surface area contributed by atoms with Gasteiger partial charge in [-0.1, -0.05) is 66.7 Å². The van der Waals surface area contributed by atoms with Gasteiger partial charge < -0.3 is 0 Å². The summed E-state index contributed by atoms with van der Waals surface area (Å²) in [5, 5.41) is 0. The fourth-order valence-electron chi connectivity index (χ4n) is 2.04. The van der Waals surface area contributed by atoms with Gasteiger partial charge in [-0.3, -0.25) is 0 Å². The van der Waals surface area contributed by atoms with Crippen molar-refractivity contribution >= 4 is 0 Å². The van der Waals surface area contributed by atoms with E-state index in [0.717, 1.165) is 12.8 Å². The van der Waals surface area contributed by atoms with E-state index >= 15 is 0 Å². The molecule has 0 aliphatic rings. The summed E-state index contributed by atoms with van der Waals surface area (Å²) in [6.07, 6.45) is 6.56. The summed E-state index contributed by atoms with van der Waals surface area (Å²) in [6, 6.07) is 19.3. The fraction of sp³-hybridized carbons (Fsp3) is 0.176. The van der Waals surface area contributed by atoms with E-state index in [2.05, 4.69) is 73.7 Å². The zero-order chi connectivity index (χ0) is 11.9. The summed E-state index contributed by atoms with van der Waals surface area (Å²) in [5.41, 5.74) is 4.10. The Balaban J connectivity index is 2.28. The molecule has 2 rings (SSSR count). The van der Waals surface area contributed by atoms with Crippen molar-refractivity contribution in [3.63, 3.8) is 0 Å². The molecule has 0 unspecified atom stereocenters. The van der Waals surface area contributed by atoms with Crippen LogP contribution in [-0.2, 0) is 6.42 Å². The van der Waals surface area contributed by atoms with E-state index in [1.807, 2.05) is 0 Å². The van der Waals surface area contributed by atoms with Gasteiger partial charge in [0.15, 0.2) is 0 Å². The molecule has 0 atom stereocenters. The minimum absolute atomic E-state index is 1.11. The third-order valence-corrected chi connectivity index (χ3v) is 2.92. The second-order valence-corrected chi connectivity index (χ2v) is 4.13. The van der Waals surface area contributed by atoms with Crippen molar-refractivity contribution in [3.8, 4) is 11.1 Å². The molecule has 0 heterocycles. The summed E-state index contributed by atoms with van der Waals surface area (Å²) in [5.74, 6) is 0. The number of hydrogen-bond donors (Lipinski definition) is 0. The average molecular weight is 222 g/mol. The molecule has 0 aliphatic heterocycles. The van der Waals surface area contributed by atoms with Crippen LogP contribution >= 0.6 is 0 Å². The van der Waals surface area contributed by atoms with Crippen LogP contribution in [0.25, 0.3) is 11.1 Å². The van der Waals surface area contributed by atoms with E-state index in [1.165, 1.54) is 16.7 Å². The fourth-order valence-corrected chi connectivity index (χ4v) is 2.04. The molecule has 86 valence electrons. The van der Waals surface area contributed by atoms with Gasteiger partial charge in [-0.25, -0.2) is 0 Å². The molecule has 0 amide bonds. The average Bonchev–Trinajstić information content (AvgIpc) is 2.41. The zero-order valence-corrected chi connectivity index (χ0v) is 10.3. The van der Waals surface area contributed by atoms with Crippen LogP contribution in [0.3, 0.4) is 0 Å². The van der Waals surface area contributed by atoms with Gasteiger partial charge in [-0.05, 0) is 36.5 Å². The third kappa shape index (κ3) is 3.07. The summed E-state index contributed by atoms with van der Waals surface area (Å²) >= 11 is 0. The van der Waals surface area contributed by atoms with E-state index in [0.29, 0.717) is 0 Å². The lowest BCUT2D eigenvalue weighted by atomic mass is 9.97. The Bertz CT molecular complexity index is 480. The van der Waals surface area contributed by atoms with Crippen LogP contribution in [0, 0.1) is 0 Å². The molecule has 0 bridgehead atoms. The van der Waals surface area contributed by atoms with Gasteiger partial charge in [0.05, 0.1) is 0 Å². The highest BCUT2D eigenvalue weighted by atomic mass is 14.1. The first-order valence-electron chi connectivity index (χ1n) is 6.16. The second kappa shape index (κ2) is 6.05. The van der Waals surface area contributed by atoms with Crippen LogP contribution < -0.4 is 0 Å². The summed E-state index contributed by atoms with van der Waals surface area (Å²) in [4.78, 5) is 0. The molecule has 0 saturated carbocycles. The van der Waals surface area contributed by atoms with Gasteiger partial charge in [-0.2, -0.15) is 0 Å². The van der Waals surface area contributed by atoms with Gasteiger partial charge in [0.1, 0.15) is 0 Å². The maximum Gasteiger partial charge on any atom is -0.0152 e. The molecular formula is C17H18. The van der Waals surface area contributed by atoms with Gasteiger partial charge in [-0.15, -0.1) is 0 Å². The number of hydrogen-bond acceptors (Lipinski definition) is 0. The van der Waals surface area contributed by atoms with Crippen molar-refractivity contribution in [2.45, 2.75) is 19.8 Å². The van der Waals surface area contributed by atoms with Gasteiger partial charge in [0.25, 0.3) is 0 Å². The molecule has 2 aromatic carbocycles. The van der Waals surface area contributed by atoms with Gasteiger partial charge >= 0.3 is 0 Å². The molecule has 0 nitrogen and oxygen atoms in total. The predicted molar refractivity (Wildman–Crippen MR) is 75.0 cm³/mol. The maximum absolute atomic E-state index is 2.23. The molecule has 0 aliphatic carbocycles. The first-order chi connectivity index (χ1) is 8.42. The Morgan fingerprint density at radius 3 is 2.35 bits per heavy atom. The second-order valence-electron chi connectivity index (χ2n) is 4.13. The highest BCUT2D eigenvalue weighted by molar-refractivity contribution is 5.67. The molecular weight excluding hydrogens is 204 g/mol. The minimum Gasteiger partial charge on any atom is -0.0917 e. The quantitative estimate of drug-likeness (QED) is 0.648. The highest BCUT2D eigenvalue weighted by Gasteiger charge is 2.02. The molecule has 0 aromatic heterocycles. The van der Waals surface area contributed by atoms with Crippen LogP contribution in [0.5, 0.6) is 0 Å². The standard InChI is InChI=1S/C17H18/c1-2-3-5-10-15-13-8-9-14-17(15)16-11-6-4-7-12-16/h2-4,6-9,11-14H,5,10H2,1H3. The molecule has 0 N–H and O–H groups in total. The highest BCUT2D eigenvalue weighted by Crippen LogP contribution is 2.24. The van der Waals surface area contributed by atoms with Crippen molar-refractivity contribution in [2.75, 3.05) is 0 Å². The Labute approximate surface area is 104 Å². The van der Waals surface area contributed by atoms with Crippen LogP contribution in [0.1, 0.15) is 18.9 Å². The SMILES string of the molecule is CC=CCCc1ccccc1-c1ccccc1. The van der Waals surface area contributed by atoms with E-state index in [9.17, 15) is 0 Å². The Morgan fingerprint density at radius 1 is 0.882 bits per heavy atom. The molecule has 0 fully saturated rings. The predicted octanol–water partition coefficient (Wildman–Crippen LogP) is 4.86. The van der Waals surface area contributed by atoms with E-state index < -0.39 is 0 Å². The van der Waals surface area contributed by atoms with Crippen LogP contribution in [0.15, 0.2) is 66.7 Å². The summed E-state index contributed by atoms with van der Waals surface area (Å²) in [6.45, 7) is 2.07. The maximum atomic E-state index is 2.23. The van der Waals surface area contributed by atoms with Crippen LogP contribution in [0.4, 0.5) is 0 Å². The van der Waals surface area contributed by atoms with Gasteiger partial charge in [0, 0.05) is 0 Å². The largest absolute Gasteiger partial charge is 0.0917 e. The van der Waals surface area contributed by atoms with Crippen LogP contribution in [-0.4, -0.2) is 0 Å². The molecule has 0 saturated heterocycles. The number of benzene rings is 2. The van der Waals surface area contributed by atoms with Crippen molar-refractivity contribution in [3.05, 3.63) is 72.3 Å². The molecule has 17 heavy (non-hydrogen) atoms. The molecule has 0 heteroatoms. The Morgan fingerprint density at radius 2 is 1.59 bits per heavy atom. The van der Waals surface area contributed by atoms with E-state index in [1.54, 1.807) is 0 Å². The molecule has 2 aromatic rings. The van der Waals surface area contributed by atoms with E-state index in [4.69, 9.17) is 0 Å². The van der Waals surface area contributed by atoms with Crippen molar-refractivity contribution in [1.29, 1.82) is 0 Å². The summed E-state index contributed by atoms with van der Waals surface area (Å²) < 4.78 is 0. The Hall–Kier alpha value is -1.82. The lowest BCUT2D eigenvalue weighted by Crippen LogP contribution is -1.88. The first-order valence-corrected chi connectivity index (χ1v) is 6.16. The normalized spacial score (nSPS) is 10.9. The minimum atomic E-state index is 1.11. The van der Waals surface area contributed by atoms with Crippen molar-refractivity contribution in [1.82, 2.24) is 0 Å². The van der Waals surface area contributed by atoms with Gasteiger partial charge in [0.2, 0.25) is 0 Å². The van der Waals surface area contributed by atoms with Crippen LogP contribution in [0.2, 0.25) is 0 Å². The Kier molecular flexibility index (Phi) is 4.15. The number of aryl methyl sites for hydroxylation is 1. The molecule has 0 radical (unpaired) electrons. The van der Waals surface area contributed by atoms with Crippen molar-refractivity contribution < 1.29 is 0 Å². The number of allylic oxidation sites excluding steroid dienone is 2. The summed E-state index contributed by atoms with van der Waals surface area (Å²) in [7, 11) is 0. The lowest BCUT2D eigenvalue weighted by molar-refractivity contribution is 1.00. The zero-order valence-electron chi connectivity index (χ0n) is 10.3.